The van der Waals surface area contributed by atoms with Gasteiger partial charge in [-0.3, -0.25) is 0 Å². The van der Waals surface area contributed by atoms with Gasteiger partial charge in [-0.05, 0) is 89.3 Å². The largest absolute Gasteiger partial charge is 0.383 e. The first-order chi connectivity index (χ1) is 13.6. The topological polar surface area (TPSA) is 89.8 Å². The first kappa shape index (κ1) is 19.2. The van der Waals surface area contributed by atoms with Crippen LogP contribution in [0.25, 0.3) is 10.8 Å². The third-order valence-corrected chi connectivity index (χ3v) is 6.60. The second-order valence-electron chi connectivity index (χ2n) is 7.71. The Kier molecular flexibility index (Phi) is 5.78. The van der Waals surface area contributed by atoms with Gasteiger partial charge in [-0.15, -0.1) is 0 Å². The van der Waals surface area contributed by atoms with Gasteiger partial charge in [-0.25, -0.2) is 4.98 Å². The van der Waals surface area contributed by atoms with Crippen molar-refractivity contribution in [3.05, 3.63) is 52.6 Å². The molecule has 2 aromatic carbocycles. The van der Waals surface area contributed by atoms with Crippen LogP contribution in [0.5, 0.6) is 0 Å². The van der Waals surface area contributed by atoms with Gasteiger partial charge in [0.05, 0.1) is 10.2 Å². The number of fused-ring (bicyclic) bond motifs is 1. The lowest BCUT2D eigenvalue weighted by Gasteiger charge is -2.27. The smallest absolute Gasteiger partial charge is 0.229 e. The number of nitrogens with zero attached hydrogens (tertiary/aromatic N) is 2. The van der Waals surface area contributed by atoms with Crippen molar-refractivity contribution in [3.8, 4) is 0 Å². The monoisotopic (exact) mass is 439 g/mol. The van der Waals surface area contributed by atoms with E-state index < -0.39 is 0 Å². The number of nitrogens with one attached hydrogen (secondary N) is 1. The number of nitrogen functional groups attached to an aromatic ring is 1. The number of halogens is 1. The molecule has 0 saturated heterocycles. The minimum Gasteiger partial charge on any atom is -0.383 e. The molecule has 0 amide bonds. The van der Waals surface area contributed by atoms with Crippen LogP contribution in [0.4, 0.5) is 17.5 Å². The third-order valence-electron chi connectivity index (χ3n) is 5.73. The summed E-state index contributed by atoms with van der Waals surface area (Å²) in [6.45, 7) is 0.802. The maximum Gasteiger partial charge on any atom is 0.229 e. The number of anilines is 3. The highest BCUT2D eigenvalue weighted by Crippen LogP contribution is 2.33. The first-order valence-corrected chi connectivity index (χ1v) is 10.7. The molecule has 5 nitrogen and oxygen atoms in total. The highest BCUT2D eigenvalue weighted by atomic mass is 79.9. The zero-order valence-electron chi connectivity index (χ0n) is 15.9. The van der Waals surface area contributed by atoms with E-state index in [1.165, 1.54) is 36.5 Å². The number of hydrogen-bond acceptors (Lipinski definition) is 5. The molecule has 4 rings (SSSR count). The minimum atomic E-state index is 0.476. The summed E-state index contributed by atoms with van der Waals surface area (Å²) in [6.07, 6.45) is 5.73. The Balaban J connectivity index is 1.53. The zero-order chi connectivity index (χ0) is 19.5. The predicted molar refractivity (Wildman–Crippen MR) is 120 cm³/mol. The fraction of sp³-hybridized carbons (Fsp3) is 0.364. The quantitative estimate of drug-likeness (QED) is 0.518. The van der Waals surface area contributed by atoms with Crippen LogP contribution in [0.2, 0.25) is 0 Å². The lowest BCUT2D eigenvalue weighted by molar-refractivity contribution is 0.277. The average molecular weight is 440 g/mol. The molecule has 1 saturated carbocycles. The number of rotatable bonds is 5. The van der Waals surface area contributed by atoms with Gasteiger partial charge in [0.25, 0.3) is 0 Å². The zero-order valence-corrected chi connectivity index (χ0v) is 17.5. The summed E-state index contributed by atoms with van der Waals surface area (Å²) < 4.78 is 0.817. The van der Waals surface area contributed by atoms with E-state index >= 15 is 0 Å². The fourth-order valence-electron chi connectivity index (χ4n) is 4.04. The Labute approximate surface area is 174 Å². The van der Waals surface area contributed by atoms with E-state index in [9.17, 15) is 0 Å². The molecule has 0 radical (unpaired) electrons. The molecule has 1 heterocycles. The molecule has 1 aliphatic rings. The minimum absolute atomic E-state index is 0.476. The highest BCUT2D eigenvalue weighted by molar-refractivity contribution is 9.10. The van der Waals surface area contributed by atoms with Crippen molar-refractivity contribution in [1.29, 1.82) is 0 Å². The average Bonchev–Trinajstić information content (AvgIpc) is 2.72. The Morgan fingerprint density at radius 3 is 2.43 bits per heavy atom. The second kappa shape index (κ2) is 8.45. The Bertz CT molecular complexity index is 966. The van der Waals surface area contributed by atoms with E-state index in [1.807, 2.05) is 18.2 Å². The van der Waals surface area contributed by atoms with E-state index in [0.717, 1.165) is 28.8 Å². The Morgan fingerprint density at radius 1 is 0.964 bits per heavy atom. The number of hydrogen-bond donors (Lipinski definition) is 3. The standard InChI is InChI=1S/C22H26BrN5/c23-20-19(11-14-5-7-15(13-24)8-6-14)27-22(28-21(20)25)26-18-10-9-16-3-1-2-4-17(16)12-18/h1-4,9-10,12,14-15H,5-8,11,13,24H2,(H3,25,26,27,28). The lowest BCUT2D eigenvalue weighted by atomic mass is 9.80. The highest BCUT2D eigenvalue weighted by Gasteiger charge is 2.22. The van der Waals surface area contributed by atoms with Crippen molar-refractivity contribution in [2.45, 2.75) is 32.1 Å². The molecule has 1 fully saturated rings. The van der Waals surface area contributed by atoms with Gasteiger partial charge in [0.1, 0.15) is 5.82 Å². The predicted octanol–water partition coefficient (Wildman–Crippen LogP) is 5.03. The molecule has 5 N–H and O–H groups in total. The summed E-state index contributed by atoms with van der Waals surface area (Å²) in [6, 6.07) is 14.5. The van der Waals surface area contributed by atoms with Crippen LogP contribution in [0.15, 0.2) is 46.9 Å². The van der Waals surface area contributed by atoms with Gasteiger partial charge in [-0.2, -0.15) is 4.98 Å². The fourth-order valence-corrected chi connectivity index (χ4v) is 4.38. The maximum atomic E-state index is 6.16. The molecule has 0 aliphatic heterocycles. The number of aromatic nitrogens is 2. The normalized spacial score (nSPS) is 19.6. The Morgan fingerprint density at radius 2 is 1.68 bits per heavy atom. The van der Waals surface area contributed by atoms with Gasteiger partial charge in [-0.1, -0.05) is 30.3 Å². The SMILES string of the molecule is NCC1CCC(Cc2nc(Nc3ccc4ccccc4c3)nc(N)c2Br)CC1. The van der Waals surface area contributed by atoms with Crippen LogP contribution in [-0.4, -0.2) is 16.5 Å². The molecule has 0 atom stereocenters. The van der Waals surface area contributed by atoms with Crippen LogP contribution in [0.1, 0.15) is 31.4 Å². The molecular weight excluding hydrogens is 414 g/mol. The second-order valence-corrected chi connectivity index (χ2v) is 8.50. The molecule has 28 heavy (non-hydrogen) atoms. The third kappa shape index (κ3) is 4.28. The van der Waals surface area contributed by atoms with E-state index in [-0.39, 0.29) is 0 Å². The van der Waals surface area contributed by atoms with Gasteiger partial charge in [0.2, 0.25) is 5.95 Å². The van der Waals surface area contributed by atoms with Gasteiger partial charge < -0.3 is 16.8 Å². The first-order valence-electron chi connectivity index (χ1n) is 9.90. The Hall–Kier alpha value is -2.18. The summed E-state index contributed by atoms with van der Waals surface area (Å²) in [5.41, 5.74) is 13.9. The van der Waals surface area contributed by atoms with Crippen molar-refractivity contribution >= 4 is 44.2 Å². The van der Waals surface area contributed by atoms with Crippen LogP contribution in [-0.2, 0) is 6.42 Å². The van der Waals surface area contributed by atoms with Gasteiger partial charge in [0, 0.05) is 5.69 Å². The van der Waals surface area contributed by atoms with E-state index in [0.29, 0.717) is 23.6 Å². The summed E-state index contributed by atoms with van der Waals surface area (Å²) in [7, 11) is 0. The number of nitrogens with two attached hydrogens (primary N) is 2. The molecule has 3 aromatic rings. The van der Waals surface area contributed by atoms with Crippen LogP contribution >= 0.6 is 15.9 Å². The number of benzene rings is 2. The summed E-state index contributed by atoms with van der Waals surface area (Å²) in [5, 5.41) is 5.70. The van der Waals surface area contributed by atoms with Crippen molar-refractivity contribution < 1.29 is 0 Å². The molecule has 1 aliphatic carbocycles. The molecule has 0 bridgehead atoms. The summed E-state index contributed by atoms with van der Waals surface area (Å²) in [5.74, 6) is 2.33. The molecular formula is C22H26BrN5. The van der Waals surface area contributed by atoms with Crippen molar-refractivity contribution in [1.82, 2.24) is 9.97 Å². The van der Waals surface area contributed by atoms with E-state index in [1.54, 1.807) is 0 Å². The molecule has 0 spiro atoms. The molecule has 0 unspecified atom stereocenters. The van der Waals surface area contributed by atoms with Crippen molar-refractivity contribution in [2.24, 2.45) is 17.6 Å². The van der Waals surface area contributed by atoms with Crippen LogP contribution in [0.3, 0.4) is 0 Å². The van der Waals surface area contributed by atoms with E-state index in [2.05, 4.69) is 50.5 Å². The summed E-state index contributed by atoms with van der Waals surface area (Å²) >= 11 is 3.59. The maximum absolute atomic E-state index is 6.16. The van der Waals surface area contributed by atoms with Gasteiger partial charge in [0.15, 0.2) is 0 Å². The van der Waals surface area contributed by atoms with Crippen molar-refractivity contribution in [2.75, 3.05) is 17.6 Å². The van der Waals surface area contributed by atoms with Gasteiger partial charge >= 0.3 is 0 Å². The molecule has 1 aromatic heterocycles. The summed E-state index contributed by atoms with van der Waals surface area (Å²) in [4.78, 5) is 9.19. The van der Waals surface area contributed by atoms with Crippen LogP contribution < -0.4 is 16.8 Å². The van der Waals surface area contributed by atoms with Crippen molar-refractivity contribution in [3.63, 3.8) is 0 Å². The molecule has 6 heteroatoms. The van der Waals surface area contributed by atoms with E-state index in [4.69, 9.17) is 16.5 Å². The lowest BCUT2D eigenvalue weighted by Crippen LogP contribution is -2.22. The molecule has 146 valence electrons. The van der Waals surface area contributed by atoms with Crippen LogP contribution in [0, 0.1) is 11.8 Å².